The second-order valence-electron chi connectivity index (χ2n) is 6.44. The van der Waals surface area contributed by atoms with Crippen LogP contribution in [0.2, 0.25) is 0 Å². The summed E-state index contributed by atoms with van der Waals surface area (Å²) in [5, 5.41) is 15.6. The molecule has 0 aliphatic heterocycles. The van der Waals surface area contributed by atoms with E-state index >= 15 is 0 Å². The van der Waals surface area contributed by atoms with E-state index in [0.29, 0.717) is 23.0 Å². The Kier molecular flexibility index (Phi) is 5.15. The van der Waals surface area contributed by atoms with E-state index in [0.717, 1.165) is 11.8 Å². The van der Waals surface area contributed by atoms with Gasteiger partial charge in [0.15, 0.2) is 11.6 Å². The minimum Gasteiger partial charge on any atom is -0.339 e. The molecule has 0 aliphatic rings. The molecule has 4 aromatic rings. The van der Waals surface area contributed by atoms with E-state index in [1.807, 2.05) is 13.0 Å². The number of hydrogen-bond donors (Lipinski definition) is 2. The first-order valence-corrected chi connectivity index (χ1v) is 10.4. The van der Waals surface area contributed by atoms with Gasteiger partial charge in [0.1, 0.15) is 5.82 Å². The van der Waals surface area contributed by atoms with Gasteiger partial charge >= 0.3 is 0 Å². The summed E-state index contributed by atoms with van der Waals surface area (Å²) >= 11 is 0. The largest absolute Gasteiger partial charge is 0.339 e. The lowest BCUT2D eigenvalue weighted by Gasteiger charge is -2.10. The second-order valence-corrected chi connectivity index (χ2v) is 8.13. The fraction of sp³-hybridized carbons (Fsp3) is 0.0500. The van der Waals surface area contributed by atoms with Crippen LogP contribution in [0.3, 0.4) is 0 Å². The fourth-order valence-electron chi connectivity index (χ4n) is 2.67. The summed E-state index contributed by atoms with van der Waals surface area (Å²) in [7, 11) is -3.88. The average molecular weight is 424 g/mol. The van der Waals surface area contributed by atoms with Gasteiger partial charge in [0.05, 0.1) is 10.6 Å². The molecule has 2 heterocycles. The number of halogens is 1. The third kappa shape index (κ3) is 4.44. The molecule has 0 saturated carbocycles. The monoisotopic (exact) mass is 424 g/mol. The molecule has 0 atom stereocenters. The Hall–Kier alpha value is -3.79. The highest BCUT2D eigenvalue weighted by molar-refractivity contribution is 7.92. The molecule has 0 aliphatic carbocycles. The molecule has 2 aromatic heterocycles. The number of aromatic nitrogens is 4. The van der Waals surface area contributed by atoms with Crippen molar-refractivity contribution in [3.63, 3.8) is 0 Å². The van der Waals surface area contributed by atoms with Crippen molar-refractivity contribution >= 4 is 27.2 Å². The van der Waals surface area contributed by atoms with Crippen LogP contribution in [0.5, 0.6) is 0 Å². The van der Waals surface area contributed by atoms with Crippen molar-refractivity contribution in [2.24, 2.45) is 0 Å². The van der Waals surface area contributed by atoms with Crippen molar-refractivity contribution in [3.05, 3.63) is 84.4 Å². The van der Waals surface area contributed by atoms with E-state index in [4.69, 9.17) is 0 Å². The van der Waals surface area contributed by atoms with Crippen LogP contribution in [0.4, 0.5) is 21.6 Å². The predicted octanol–water partition coefficient (Wildman–Crippen LogP) is 3.65. The summed E-state index contributed by atoms with van der Waals surface area (Å²) in [6, 6.07) is 16.8. The molecule has 152 valence electrons. The van der Waals surface area contributed by atoms with Crippen molar-refractivity contribution in [1.82, 2.24) is 20.0 Å². The van der Waals surface area contributed by atoms with Gasteiger partial charge in [-0.1, -0.05) is 6.07 Å². The molecule has 0 radical (unpaired) electrons. The molecule has 2 aromatic carbocycles. The van der Waals surface area contributed by atoms with Crippen LogP contribution < -0.4 is 10.0 Å². The third-order valence-corrected chi connectivity index (χ3v) is 5.50. The molecular weight excluding hydrogens is 407 g/mol. The summed E-state index contributed by atoms with van der Waals surface area (Å²) in [4.78, 5) is -0.146. The lowest BCUT2D eigenvalue weighted by atomic mass is 10.3. The van der Waals surface area contributed by atoms with Gasteiger partial charge in [0.2, 0.25) is 0 Å². The zero-order valence-corrected chi connectivity index (χ0v) is 16.6. The topological polar surface area (TPSA) is 102 Å². The summed E-state index contributed by atoms with van der Waals surface area (Å²) in [6.07, 6.45) is 1.80. The van der Waals surface area contributed by atoms with Crippen LogP contribution >= 0.6 is 0 Å². The normalized spacial score (nSPS) is 11.3. The van der Waals surface area contributed by atoms with Gasteiger partial charge in [-0.3, -0.25) is 4.72 Å². The first kappa shape index (κ1) is 19.5. The summed E-state index contributed by atoms with van der Waals surface area (Å²) in [6.45, 7) is 1.89. The summed E-state index contributed by atoms with van der Waals surface area (Å²) < 4.78 is 42.1. The molecule has 2 N–H and O–H groups in total. The molecule has 0 fully saturated rings. The van der Waals surface area contributed by atoms with Crippen molar-refractivity contribution in [3.8, 4) is 5.82 Å². The number of benzene rings is 2. The van der Waals surface area contributed by atoms with Gasteiger partial charge < -0.3 is 5.32 Å². The number of nitrogens with zero attached hydrogens (tertiary/aromatic N) is 4. The first-order valence-electron chi connectivity index (χ1n) is 8.91. The average Bonchev–Trinajstić information content (AvgIpc) is 3.16. The first-order chi connectivity index (χ1) is 14.4. The van der Waals surface area contributed by atoms with Crippen LogP contribution in [0.25, 0.3) is 5.82 Å². The van der Waals surface area contributed by atoms with Gasteiger partial charge in [0.25, 0.3) is 10.0 Å². The molecular formula is C20H17FN6O2S. The van der Waals surface area contributed by atoms with Crippen LogP contribution in [0.1, 0.15) is 5.69 Å². The maximum absolute atomic E-state index is 13.3. The molecule has 0 amide bonds. The van der Waals surface area contributed by atoms with Gasteiger partial charge in [-0.25, -0.2) is 17.5 Å². The minimum atomic E-state index is -3.88. The fourth-order valence-corrected chi connectivity index (χ4v) is 3.76. The zero-order valence-electron chi connectivity index (χ0n) is 15.8. The third-order valence-electron chi connectivity index (χ3n) is 4.12. The Morgan fingerprint density at radius 3 is 2.33 bits per heavy atom. The molecule has 0 bridgehead atoms. The number of nitrogens with one attached hydrogen (secondary N) is 2. The molecule has 0 spiro atoms. The Balaban J connectivity index is 1.43. The van der Waals surface area contributed by atoms with Crippen molar-refractivity contribution in [2.75, 3.05) is 10.0 Å². The maximum atomic E-state index is 13.3. The van der Waals surface area contributed by atoms with Gasteiger partial charge in [0, 0.05) is 17.6 Å². The van der Waals surface area contributed by atoms with Gasteiger partial charge in [-0.2, -0.15) is 5.10 Å². The van der Waals surface area contributed by atoms with Crippen LogP contribution in [-0.4, -0.2) is 28.4 Å². The number of hydrogen-bond acceptors (Lipinski definition) is 6. The lowest BCUT2D eigenvalue weighted by molar-refractivity contribution is 0.595. The zero-order chi connectivity index (χ0) is 21.1. The highest BCUT2D eigenvalue weighted by Crippen LogP contribution is 2.21. The maximum Gasteiger partial charge on any atom is 0.261 e. The number of rotatable bonds is 6. The Bertz CT molecular complexity index is 1270. The molecule has 0 unspecified atom stereocenters. The predicted molar refractivity (Wildman–Crippen MR) is 111 cm³/mol. The molecule has 0 saturated heterocycles. The van der Waals surface area contributed by atoms with E-state index < -0.39 is 15.8 Å². The smallest absolute Gasteiger partial charge is 0.261 e. The molecule has 8 nitrogen and oxygen atoms in total. The Labute approximate surface area is 172 Å². The summed E-state index contributed by atoms with van der Waals surface area (Å²) in [5.74, 6) is 0.499. The Morgan fingerprint density at radius 2 is 1.70 bits per heavy atom. The van der Waals surface area contributed by atoms with E-state index in [1.54, 1.807) is 47.3 Å². The summed E-state index contributed by atoms with van der Waals surface area (Å²) in [5.41, 5.74) is 1.92. The van der Waals surface area contributed by atoms with E-state index in [2.05, 4.69) is 25.3 Å². The second kappa shape index (κ2) is 7.91. The van der Waals surface area contributed by atoms with Crippen LogP contribution in [0, 0.1) is 12.7 Å². The van der Waals surface area contributed by atoms with Gasteiger partial charge in [-0.05, 0) is 67.6 Å². The quantitative estimate of drug-likeness (QED) is 0.490. The highest BCUT2D eigenvalue weighted by Gasteiger charge is 2.14. The molecule has 10 heteroatoms. The molecule has 30 heavy (non-hydrogen) atoms. The standard InChI is InChI=1S/C20H17FN6O2S/c1-14-11-12-27(25-14)20-10-9-19(23-24-20)22-16-5-7-17(8-6-16)26-30(28,29)18-4-2-3-15(21)13-18/h2-13,26H,1H3,(H,22,23). The van der Waals surface area contributed by atoms with E-state index in [9.17, 15) is 12.8 Å². The Morgan fingerprint density at radius 1 is 0.933 bits per heavy atom. The minimum absolute atomic E-state index is 0.146. The van der Waals surface area contributed by atoms with Gasteiger partial charge in [-0.15, -0.1) is 10.2 Å². The van der Waals surface area contributed by atoms with Crippen molar-refractivity contribution in [1.29, 1.82) is 0 Å². The number of sulfonamides is 1. The number of aryl methyl sites for hydroxylation is 1. The lowest BCUT2D eigenvalue weighted by Crippen LogP contribution is -2.13. The SMILES string of the molecule is Cc1ccn(-c2ccc(Nc3ccc(NS(=O)(=O)c4cccc(F)c4)cc3)nn2)n1. The van der Waals surface area contributed by atoms with Crippen LogP contribution in [0.15, 0.2) is 77.8 Å². The van der Waals surface area contributed by atoms with E-state index in [1.165, 1.54) is 18.2 Å². The number of anilines is 3. The van der Waals surface area contributed by atoms with Crippen molar-refractivity contribution < 1.29 is 12.8 Å². The van der Waals surface area contributed by atoms with Crippen molar-refractivity contribution in [2.45, 2.75) is 11.8 Å². The molecule has 4 rings (SSSR count). The van der Waals surface area contributed by atoms with E-state index in [-0.39, 0.29) is 4.90 Å². The highest BCUT2D eigenvalue weighted by atomic mass is 32.2. The van der Waals surface area contributed by atoms with Crippen LogP contribution in [-0.2, 0) is 10.0 Å².